The average molecular weight is 263 g/mol. The Kier molecular flexibility index (Phi) is 4.82. The molecule has 16 heavy (non-hydrogen) atoms. The van der Waals surface area contributed by atoms with Crippen molar-refractivity contribution in [3.63, 3.8) is 0 Å². The van der Waals surface area contributed by atoms with E-state index < -0.39 is 9.84 Å². The van der Waals surface area contributed by atoms with Gasteiger partial charge in [-0.1, -0.05) is 11.4 Å². The summed E-state index contributed by atoms with van der Waals surface area (Å²) in [5, 5.41) is 3.98. The van der Waals surface area contributed by atoms with E-state index in [2.05, 4.69) is 9.59 Å². The minimum absolute atomic E-state index is 0.142. The van der Waals surface area contributed by atoms with Crippen LogP contribution in [0.5, 0.6) is 0 Å². The van der Waals surface area contributed by atoms with Gasteiger partial charge in [-0.15, -0.1) is 5.10 Å². The van der Waals surface area contributed by atoms with Gasteiger partial charge in [-0.05, 0) is 30.8 Å². The smallest absolute Gasteiger partial charge is 0.147 e. The molecule has 0 spiro atoms. The second-order valence-electron chi connectivity index (χ2n) is 3.82. The number of hydrogen-bond donors (Lipinski definition) is 1. The molecule has 0 fully saturated rings. The molecule has 1 aromatic rings. The van der Waals surface area contributed by atoms with Gasteiger partial charge in [-0.2, -0.15) is 0 Å². The van der Waals surface area contributed by atoms with Gasteiger partial charge in [0.05, 0.1) is 10.6 Å². The van der Waals surface area contributed by atoms with Gasteiger partial charge < -0.3 is 5.73 Å². The maximum atomic E-state index is 11.0. The lowest BCUT2D eigenvalue weighted by molar-refractivity contribution is 0.588. The molecule has 1 aromatic heterocycles. The maximum Gasteiger partial charge on any atom is 0.147 e. The normalized spacial score (nSPS) is 13.9. The molecule has 0 aromatic carbocycles. The van der Waals surface area contributed by atoms with Crippen LogP contribution in [-0.2, 0) is 16.3 Å². The minimum Gasteiger partial charge on any atom is -0.323 e. The van der Waals surface area contributed by atoms with Crippen LogP contribution in [-0.4, -0.2) is 30.0 Å². The van der Waals surface area contributed by atoms with Crippen molar-refractivity contribution in [3.8, 4) is 0 Å². The molecule has 1 rings (SSSR count). The first-order valence-electron chi connectivity index (χ1n) is 5.18. The summed E-state index contributed by atoms with van der Waals surface area (Å²) < 4.78 is 25.8. The van der Waals surface area contributed by atoms with Crippen LogP contribution in [0.4, 0.5) is 0 Å². The van der Waals surface area contributed by atoms with E-state index in [0.717, 1.165) is 17.0 Å². The molecule has 0 aliphatic carbocycles. The standard InChI is InChI=1S/C9H17N3O2S2/c1-3-8-9(15-12-11-8)7(10)5-4-6-16(2,13)14/h7H,3-6,10H2,1-2H3. The second-order valence-corrected chi connectivity index (χ2v) is 6.86. The van der Waals surface area contributed by atoms with Crippen LogP contribution in [0.1, 0.15) is 36.4 Å². The zero-order chi connectivity index (χ0) is 12.2. The van der Waals surface area contributed by atoms with Crippen LogP contribution in [0.3, 0.4) is 0 Å². The van der Waals surface area contributed by atoms with Gasteiger partial charge in [0.25, 0.3) is 0 Å². The van der Waals surface area contributed by atoms with Crippen molar-refractivity contribution < 1.29 is 8.42 Å². The predicted octanol–water partition coefficient (Wildman–Crippen LogP) is 0.925. The van der Waals surface area contributed by atoms with Crippen molar-refractivity contribution in [2.45, 2.75) is 32.2 Å². The number of hydrogen-bond acceptors (Lipinski definition) is 6. The first-order valence-corrected chi connectivity index (χ1v) is 8.02. The van der Waals surface area contributed by atoms with Gasteiger partial charge in [0.15, 0.2) is 0 Å². The Morgan fingerprint density at radius 3 is 2.75 bits per heavy atom. The first kappa shape index (κ1) is 13.5. The van der Waals surface area contributed by atoms with Crippen LogP contribution in [0, 0.1) is 0 Å². The molecule has 2 N–H and O–H groups in total. The Bertz CT molecular complexity index is 428. The maximum absolute atomic E-state index is 11.0. The molecule has 0 saturated carbocycles. The van der Waals surface area contributed by atoms with Crippen LogP contribution < -0.4 is 5.73 Å². The third-order valence-corrected chi connectivity index (χ3v) is 4.22. The van der Waals surface area contributed by atoms with Crippen LogP contribution in [0.15, 0.2) is 0 Å². The molecule has 92 valence electrons. The van der Waals surface area contributed by atoms with E-state index in [0.29, 0.717) is 12.8 Å². The molecule has 0 radical (unpaired) electrons. The number of nitrogens with zero attached hydrogens (tertiary/aromatic N) is 2. The molecule has 1 heterocycles. The van der Waals surface area contributed by atoms with Crippen molar-refractivity contribution in [2.24, 2.45) is 5.73 Å². The molecule has 5 nitrogen and oxygen atoms in total. The van der Waals surface area contributed by atoms with E-state index in [9.17, 15) is 8.42 Å². The van der Waals surface area contributed by atoms with Crippen LogP contribution >= 0.6 is 11.5 Å². The summed E-state index contributed by atoms with van der Waals surface area (Å²) >= 11 is 1.30. The third kappa shape index (κ3) is 4.15. The molecule has 0 amide bonds. The molecule has 0 aliphatic rings. The van der Waals surface area contributed by atoms with Crippen molar-refractivity contribution in [1.29, 1.82) is 0 Å². The van der Waals surface area contributed by atoms with Crippen molar-refractivity contribution in [2.75, 3.05) is 12.0 Å². The number of sulfone groups is 1. The summed E-state index contributed by atoms with van der Waals surface area (Å²) in [4.78, 5) is 0.982. The number of nitrogens with two attached hydrogens (primary N) is 1. The molecule has 1 atom stereocenters. The van der Waals surface area contributed by atoms with E-state index in [1.165, 1.54) is 17.8 Å². The van der Waals surface area contributed by atoms with Gasteiger partial charge >= 0.3 is 0 Å². The minimum atomic E-state index is -2.89. The van der Waals surface area contributed by atoms with E-state index >= 15 is 0 Å². The molecular weight excluding hydrogens is 246 g/mol. The topological polar surface area (TPSA) is 85.9 Å². The predicted molar refractivity (Wildman–Crippen MR) is 65.2 cm³/mol. The van der Waals surface area contributed by atoms with Crippen LogP contribution in [0.2, 0.25) is 0 Å². The van der Waals surface area contributed by atoms with E-state index in [1.54, 1.807) is 0 Å². The van der Waals surface area contributed by atoms with E-state index in [4.69, 9.17) is 5.73 Å². The van der Waals surface area contributed by atoms with E-state index in [-0.39, 0.29) is 11.8 Å². The summed E-state index contributed by atoms with van der Waals surface area (Å²) in [6, 6.07) is -0.142. The molecular formula is C9H17N3O2S2. The van der Waals surface area contributed by atoms with Gasteiger partial charge in [0.1, 0.15) is 9.84 Å². The highest BCUT2D eigenvalue weighted by atomic mass is 32.2. The Balaban J connectivity index is 2.50. The molecule has 1 unspecified atom stereocenters. The van der Waals surface area contributed by atoms with Crippen molar-refractivity contribution >= 4 is 21.4 Å². The SMILES string of the molecule is CCc1nnsc1C(N)CCCS(C)(=O)=O. The lowest BCUT2D eigenvalue weighted by Gasteiger charge is -2.09. The second kappa shape index (κ2) is 5.70. The fraction of sp³-hybridized carbons (Fsp3) is 0.778. The van der Waals surface area contributed by atoms with Crippen molar-refractivity contribution in [3.05, 3.63) is 10.6 Å². The Morgan fingerprint density at radius 2 is 2.19 bits per heavy atom. The summed E-state index contributed by atoms with van der Waals surface area (Å²) in [7, 11) is -2.89. The Hall–Kier alpha value is -0.530. The highest BCUT2D eigenvalue weighted by molar-refractivity contribution is 7.90. The first-order chi connectivity index (χ1) is 7.44. The molecule has 0 aliphatic heterocycles. The summed E-state index contributed by atoms with van der Waals surface area (Å²) in [5.74, 6) is 0.189. The van der Waals surface area contributed by atoms with Gasteiger partial charge in [0.2, 0.25) is 0 Å². The van der Waals surface area contributed by atoms with Gasteiger partial charge in [-0.25, -0.2) is 8.42 Å². The lowest BCUT2D eigenvalue weighted by atomic mass is 10.1. The highest BCUT2D eigenvalue weighted by Gasteiger charge is 2.15. The summed E-state index contributed by atoms with van der Waals surface area (Å²) in [5.41, 5.74) is 6.91. The average Bonchev–Trinajstić information content (AvgIpc) is 2.63. The van der Waals surface area contributed by atoms with Gasteiger partial charge in [-0.3, -0.25) is 0 Å². The fourth-order valence-electron chi connectivity index (χ4n) is 1.44. The quantitative estimate of drug-likeness (QED) is 0.825. The number of rotatable bonds is 6. The van der Waals surface area contributed by atoms with Crippen LogP contribution in [0.25, 0.3) is 0 Å². The van der Waals surface area contributed by atoms with Gasteiger partial charge in [0, 0.05) is 18.1 Å². The highest BCUT2D eigenvalue weighted by Crippen LogP contribution is 2.22. The zero-order valence-electron chi connectivity index (χ0n) is 9.51. The third-order valence-electron chi connectivity index (χ3n) is 2.29. The lowest BCUT2D eigenvalue weighted by Crippen LogP contribution is -2.13. The largest absolute Gasteiger partial charge is 0.323 e. The molecule has 0 saturated heterocycles. The summed E-state index contributed by atoms with van der Waals surface area (Å²) in [6.07, 6.45) is 3.29. The fourth-order valence-corrected chi connectivity index (χ4v) is 2.90. The Morgan fingerprint density at radius 1 is 1.50 bits per heavy atom. The zero-order valence-corrected chi connectivity index (χ0v) is 11.1. The number of aromatic nitrogens is 2. The monoisotopic (exact) mass is 263 g/mol. The van der Waals surface area contributed by atoms with E-state index in [1.807, 2.05) is 6.92 Å². The summed E-state index contributed by atoms with van der Waals surface area (Å²) in [6.45, 7) is 2.00. The Labute approximate surface area is 100 Å². The number of aryl methyl sites for hydroxylation is 1. The molecule has 7 heteroatoms. The molecule has 0 bridgehead atoms. The van der Waals surface area contributed by atoms with Crippen molar-refractivity contribution in [1.82, 2.24) is 9.59 Å².